The SMILES string of the molecule is CCCNC(=NCc1cccs1)NCCc1ccco1. The summed E-state index contributed by atoms with van der Waals surface area (Å²) < 4.78 is 5.32. The molecule has 2 rings (SSSR count). The van der Waals surface area contributed by atoms with Gasteiger partial charge in [0, 0.05) is 24.4 Å². The summed E-state index contributed by atoms with van der Waals surface area (Å²) >= 11 is 1.73. The van der Waals surface area contributed by atoms with Gasteiger partial charge in [0.15, 0.2) is 5.96 Å². The van der Waals surface area contributed by atoms with E-state index in [2.05, 4.69) is 40.1 Å². The van der Waals surface area contributed by atoms with Crippen molar-refractivity contribution < 1.29 is 4.42 Å². The summed E-state index contributed by atoms with van der Waals surface area (Å²) in [6, 6.07) is 8.06. The van der Waals surface area contributed by atoms with Crippen LogP contribution in [0.3, 0.4) is 0 Å². The number of thiophene rings is 1. The van der Waals surface area contributed by atoms with E-state index >= 15 is 0 Å². The van der Waals surface area contributed by atoms with Crippen molar-refractivity contribution >= 4 is 17.3 Å². The third kappa shape index (κ3) is 5.09. The molecule has 0 aliphatic heterocycles. The first-order chi connectivity index (χ1) is 9.88. The van der Waals surface area contributed by atoms with Crippen LogP contribution in [0.15, 0.2) is 45.3 Å². The Balaban J connectivity index is 1.80. The number of hydrogen-bond acceptors (Lipinski definition) is 3. The average Bonchev–Trinajstić information content (AvgIpc) is 3.14. The standard InChI is InChI=1S/C15H21N3OS/c1-2-8-16-15(18-12-14-6-4-11-20-14)17-9-7-13-5-3-10-19-13/h3-6,10-11H,2,7-9,12H2,1H3,(H2,16,17,18). The molecule has 0 aliphatic rings. The van der Waals surface area contributed by atoms with Gasteiger partial charge in [-0.3, -0.25) is 0 Å². The van der Waals surface area contributed by atoms with Crippen LogP contribution >= 0.6 is 11.3 Å². The van der Waals surface area contributed by atoms with Gasteiger partial charge in [0.2, 0.25) is 0 Å². The van der Waals surface area contributed by atoms with Gasteiger partial charge in [-0.2, -0.15) is 0 Å². The fourth-order valence-electron chi connectivity index (χ4n) is 1.74. The minimum Gasteiger partial charge on any atom is -0.469 e. The third-order valence-electron chi connectivity index (χ3n) is 2.76. The molecular weight excluding hydrogens is 270 g/mol. The Kier molecular flexibility index (Phi) is 6.17. The molecule has 4 nitrogen and oxygen atoms in total. The summed E-state index contributed by atoms with van der Waals surface area (Å²) in [5, 5.41) is 8.74. The maximum absolute atomic E-state index is 5.32. The average molecular weight is 291 g/mol. The lowest BCUT2D eigenvalue weighted by molar-refractivity contribution is 0.506. The summed E-state index contributed by atoms with van der Waals surface area (Å²) in [7, 11) is 0. The van der Waals surface area contributed by atoms with Crippen molar-refractivity contribution in [1.29, 1.82) is 0 Å². The van der Waals surface area contributed by atoms with Gasteiger partial charge in [-0.15, -0.1) is 11.3 Å². The van der Waals surface area contributed by atoms with E-state index in [1.165, 1.54) is 4.88 Å². The van der Waals surface area contributed by atoms with Crippen LogP contribution in [0.25, 0.3) is 0 Å². The molecule has 0 radical (unpaired) electrons. The smallest absolute Gasteiger partial charge is 0.191 e. The zero-order valence-electron chi connectivity index (χ0n) is 11.8. The quantitative estimate of drug-likeness (QED) is 0.609. The summed E-state index contributed by atoms with van der Waals surface area (Å²) in [5.74, 6) is 1.86. The fourth-order valence-corrected chi connectivity index (χ4v) is 2.36. The van der Waals surface area contributed by atoms with E-state index in [9.17, 15) is 0 Å². The molecule has 108 valence electrons. The number of hydrogen-bond donors (Lipinski definition) is 2. The second-order valence-electron chi connectivity index (χ2n) is 4.43. The second kappa shape index (κ2) is 8.43. The van der Waals surface area contributed by atoms with Gasteiger partial charge in [0.25, 0.3) is 0 Å². The molecule has 0 aliphatic carbocycles. The first-order valence-corrected chi connectivity index (χ1v) is 7.83. The predicted octanol–water partition coefficient (Wildman–Crippen LogP) is 3.03. The lowest BCUT2D eigenvalue weighted by atomic mass is 10.3. The molecule has 0 unspecified atom stereocenters. The Morgan fingerprint density at radius 3 is 2.85 bits per heavy atom. The molecule has 2 N–H and O–H groups in total. The van der Waals surface area contributed by atoms with Gasteiger partial charge in [0.05, 0.1) is 12.8 Å². The minimum atomic E-state index is 0.720. The summed E-state index contributed by atoms with van der Waals surface area (Å²) in [6.45, 7) is 4.61. The Morgan fingerprint density at radius 1 is 1.25 bits per heavy atom. The van der Waals surface area contributed by atoms with E-state index < -0.39 is 0 Å². The highest BCUT2D eigenvalue weighted by molar-refractivity contribution is 7.09. The highest BCUT2D eigenvalue weighted by Gasteiger charge is 2.00. The summed E-state index contributed by atoms with van der Waals surface area (Å²) in [5.41, 5.74) is 0. The third-order valence-corrected chi connectivity index (χ3v) is 3.62. The molecule has 20 heavy (non-hydrogen) atoms. The molecule has 0 saturated carbocycles. The molecule has 0 spiro atoms. The van der Waals surface area contributed by atoms with Crippen molar-refractivity contribution in [1.82, 2.24) is 10.6 Å². The van der Waals surface area contributed by atoms with Crippen LogP contribution in [-0.4, -0.2) is 19.0 Å². The number of nitrogens with one attached hydrogen (secondary N) is 2. The highest BCUT2D eigenvalue weighted by Crippen LogP contribution is 2.09. The van der Waals surface area contributed by atoms with Gasteiger partial charge < -0.3 is 15.1 Å². The van der Waals surface area contributed by atoms with Crippen LogP contribution in [0.5, 0.6) is 0 Å². The summed E-state index contributed by atoms with van der Waals surface area (Å²) in [6.07, 6.45) is 3.65. The van der Waals surface area contributed by atoms with E-state index in [0.29, 0.717) is 0 Å². The molecule has 0 fully saturated rings. The maximum Gasteiger partial charge on any atom is 0.191 e. The number of guanidine groups is 1. The molecule has 0 atom stereocenters. The normalized spacial score (nSPS) is 11.6. The van der Waals surface area contributed by atoms with E-state index in [1.54, 1.807) is 17.6 Å². The minimum absolute atomic E-state index is 0.720. The fraction of sp³-hybridized carbons (Fsp3) is 0.400. The first kappa shape index (κ1) is 14.7. The molecule has 2 aromatic rings. The Labute approximate surface area is 123 Å². The molecule has 5 heteroatoms. The van der Waals surface area contributed by atoms with Crippen LogP contribution < -0.4 is 10.6 Å². The Bertz CT molecular complexity index is 491. The van der Waals surface area contributed by atoms with Gasteiger partial charge in [-0.25, -0.2) is 4.99 Å². The maximum atomic E-state index is 5.32. The van der Waals surface area contributed by atoms with Crippen LogP contribution in [-0.2, 0) is 13.0 Å². The molecular formula is C15H21N3OS. The van der Waals surface area contributed by atoms with Gasteiger partial charge in [0.1, 0.15) is 5.76 Å². The molecule has 0 aromatic carbocycles. The summed E-state index contributed by atoms with van der Waals surface area (Å²) in [4.78, 5) is 5.87. The van der Waals surface area contributed by atoms with Gasteiger partial charge in [-0.05, 0) is 30.0 Å². The zero-order chi connectivity index (χ0) is 14.0. The second-order valence-corrected chi connectivity index (χ2v) is 5.46. The monoisotopic (exact) mass is 291 g/mol. The zero-order valence-corrected chi connectivity index (χ0v) is 12.6. The van der Waals surface area contributed by atoms with Crippen molar-refractivity contribution in [2.75, 3.05) is 13.1 Å². The first-order valence-electron chi connectivity index (χ1n) is 6.95. The van der Waals surface area contributed by atoms with E-state index in [-0.39, 0.29) is 0 Å². The van der Waals surface area contributed by atoms with Crippen LogP contribution in [0.1, 0.15) is 24.0 Å². The molecule has 0 saturated heterocycles. The lowest BCUT2D eigenvalue weighted by Crippen LogP contribution is -2.38. The largest absolute Gasteiger partial charge is 0.469 e. The van der Waals surface area contributed by atoms with Crippen LogP contribution in [0.4, 0.5) is 0 Å². The van der Waals surface area contributed by atoms with Crippen molar-refractivity contribution in [2.24, 2.45) is 4.99 Å². The predicted molar refractivity (Wildman–Crippen MR) is 84.2 cm³/mol. The molecule has 2 heterocycles. The topological polar surface area (TPSA) is 49.6 Å². The van der Waals surface area contributed by atoms with Crippen LogP contribution in [0.2, 0.25) is 0 Å². The van der Waals surface area contributed by atoms with E-state index in [1.807, 2.05) is 12.1 Å². The van der Waals surface area contributed by atoms with Crippen molar-refractivity contribution in [3.63, 3.8) is 0 Å². The van der Waals surface area contributed by atoms with Crippen molar-refractivity contribution in [2.45, 2.75) is 26.3 Å². The Morgan fingerprint density at radius 2 is 2.15 bits per heavy atom. The van der Waals surface area contributed by atoms with Gasteiger partial charge >= 0.3 is 0 Å². The Hall–Kier alpha value is -1.75. The number of furan rings is 1. The number of nitrogens with zero attached hydrogens (tertiary/aromatic N) is 1. The van der Waals surface area contributed by atoms with E-state index in [0.717, 1.165) is 44.2 Å². The highest BCUT2D eigenvalue weighted by atomic mass is 32.1. The number of aliphatic imine (C=N–C) groups is 1. The molecule has 2 aromatic heterocycles. The molecule has 0 bridgehead atoms. The van der Waals surface area contributed by atoms with Crippen molar-refractivity contribution in [3.05, 3.63) is 46.5 Å². The van der Waals surface area contributed by atoms with Crippen molar-refractivity contribution in [3.8, 4) is 0 Å². The van der Waals surface area contributed by atoms with Crippen LogP contribution in [0, 0.1) is 0 Å². The van der Waals surface area contributed by atoms with E-state index in [4.69, 9.17) is 4.42 Å². The number of rotatable bonds is 7. The van der Waals surface area contributed by atoms with Gasteiger partial charge in [-0.1, -0.05) is 13.0 Å². The molecule has 0 amide bonds. The lowest BCUT2D eigenvalue weighted by Gasteiger charge is -2.11.